The molecule has 1 aliphatic rings. The van der Waals surface area contributed by atoms with Crippen molar-refractivity contribution in [3.8, 4) is 0 Å². The normalized spacial score (nSPS) is 15.9. The molecule has 0 bridgehead atoms. The third-order valence-corrected chi connectivity index (χ3v) is 3.82. The molecule has 3 nitrogen and oxygen atoms in total. The Kier molecular flexibility index (Phi) is 3.82. The van der Waals surface area contributed by atoms with Gasteiger partial charge in [0.05, 0.1) is 6.04 Å². The zero-order valence-corrected chi connectivity index (χ0v) is 11.4. The molecule has 0 aromatic carbocycles. The van der Waals surface area contributed by atoms with Gasteiger partial charge in [-0.3, -0.25) is 0 Å². The molecular formula is C12H18BrN3. The first-order valence-corrected chi connectivity index (χ1v) is 6.61. The largest absolute Gasteiger partial charge is 0.351 e. The number of nitrogens with zero attached hydrogens (tertiary/aromatic N) is 2. The number of nitrogens with one attached hydrogen (secondary N) is 1. The second-order valence-electron chi connectivity index (χ2n) is 4.30. The molecule has 1 aromatic heterocycles. The van der Waals surface area contributed by atoms with Crippen LogP contribution in [0.2, 0.25) is 0 Å². The predicted molar refractivity (Wildman–Crippen MR) is 71.0 cm³/mol. The van der Waals surface area contributed by atoms with Gasteiger partial charge in [-0.25, -0.2) is 4.98 Å². The molecule has 1 fully saturated rings. The molecule has 1 N–H and O–H groups in total. The van der Waals surface area contributed by atoms with E-state index >= 15 is 0 Å². The lowest BCUT2D eigenvalue weighted by Gasteiger charge is -2.39. The van der Waals surface area contributed by atoms with E-state index in [0.717, 1.165) is 36.3 Å². The first kappa shape index (κ1) is 11.9. The maximum Gasteiger partial charge on any atom is 0.129 e. The third-order valence-electron chi connectivity index (χ3n) is 2.99. The van der Waals surface area contributed by atoms with E-state index in [1.165, 1.54) is 5.56 Å². The van der Waals surface area contributed by atoms with Crippen molar-refractivity contribution in [2.24, 2.45) is 0 Å². The Morgan fingerprint density at radius 1 is 1.56 bits per heavy atom. The van der Waals surface area contributed by atoms with Crippen LogP contribution >= 0.6 is 15.9 Å². The summed E-state index contributed by atoms with van der Waals surface area (Å²) in [6, 6.07) is 2.78. The van der Waals surface area contributed by atoms with Crippen molar-refractivity contribution < 1.29 is 0 Å². The van der Waals surface area contributed by atoms with Crippen LogP contribution in [0, 0.1) is 6.92 Å². The minimum atomic E-state index is 0.619. The molecule has 0 radical (unpaired) electrons. The van der Waals surface area contributed by atoms with Crippen molar-refractivity contribution in [3.63, 3.8) is 0 Å². The molecule has 16 heavy (non-hydrogen) atoms. The molecular weight excluding hydrogens is 266 g/mol. The Balaban J connectivity index is 2.20. The molecule has 1 aromatic rings. The third kappa shape index (κ3) is 2.38. The number of anilines is 1. The van der Waals surface area contributed by atoms with E-state index < -0.39 is 0 Å². The lowest BCUT2D eigenvalue weighted by molar-refractivity contribution is 0.410. The summed E-state index contributed by atoms with van der Waals surface area (Å²) in [6.45, 7) is 7.57. The summed E-state index contributed by atoms with van der Waals surface area (Å²) in [7, 11) is 0. The minimum absolute atomic E-state index is 0.619. The van der Waals surface area contributed by atoms with Crippen molar-refractivity contribution in [2.45, 2.75) is 26.3 Å². The molecule has 0 aliphatic carbocycles. The van der Waals surface area contributed by atoms with Crippen molar-refractivity contribution in [1.82, 2.24) is 10.3 Å². The van der Waals surface area contributed by atoms with Gasteiger partial charge in [-0.05, 0) is 40.9 Å². The van der Waals surface area contributed by atoms with E-state index in [1.54, 1.807) is 0 Å². The van der Waals surface area contributed by atoms with E-state index in [1.807, 2.05) is 6.20 Å². The first-order valence-electron chi connectivity index (χ1n) is 5.82. The second kappa shape index (κ2) is 5.15. The highest BCUT2D eigenvalue weighted by Gasteiger charge is 2.25. The van der Waals surface area contributed by atoms with Crippen LogP contribution in [0.1, 0.15) is 18.9 Å². The zero-order chi connectivity index (χ0) is 11.5. The van der Waals surface area contributed by atoms with Crippen molar-refractivity contribution in [2.75, 3.05) is 24.5 Å². The average Bonchev–Trinajstić information content (AvgIpc) is 2.19. The Morgan fingerprint density at radius 2 is 2.31 bits per heavy atom. The van der Waals surface area contributed by atoms with Crippen molar-refractivity contribution >= 4 is 21.7 Å². The highest BCUT2D eigenvalue weighted by Crippen LogP contribution is 2.22. The number of aromatic nitrogens is 1. The molecule has 1 saturated heterocycles. The molecule has 0 saturated carbocycles. The Bertz CT molecular complexity index is 363. The maximum atomic E-state index is 4.51. The van der Waals surface area contributed by atoms with Gasteiger partial charge in [0.2, 0.25) is 0 Å². The van der Waals surface area contributed by atoms with E-state index in [2.05, 4.69) is 51.0 Å². The molecule has 0 unspecified atom stereocenters. The van der Waals surface area contributed by atoms with E-state index in [0.29, 0.717) is 6.04 Å². The molecule has 4 heteroatoms. The number of hydrogen-bond acceptors (Lipinski definition) is 3. The smallest absolute Gasteiger partial charge is 0.129 e. The molecule has 2 rings (SSSR count). The summed E-state index contributed by atoms with van der Waals surface area (Å²) in [6.07, 6.45) is 3.06. The molecule has 0 spiro atoms. The number of aryl methyl sites for hydroxylation is 1. The number of halogens is 1. The number of hydrogen-bond donors (Lipinski definition) is 1. The second-order valence-corrected chi connectivity index (χ2v) is 5.15. The van der Waals surface area contributed by atoms with Gasteiger partial charge in [0.15, 0.2) is 0 Å². The van der Waals surface area contributed by atoms with E-state index in [-0.39, 0.29) is 0 Å². The fourth-order valence-corrected chi connectivity index (χ4v) is 2.12. The van der Waals surface area contributed by atoms with Gasteiger partial charge in [-0.2, -0.15) is 0 Å². The van der Waals surface area contributed by atoms with Gasteiger partial charge in [0.25, 0.3) is 0 Å². The molecule has 0 atom stereocenters. The first-order chi connectivity index (χ1) is 7.72. The van der Waals surface area contributed by atoms with Crippen molar-refractivity contribution in [1.29, 1.82) is 0 Å². The van der Waals surface area contributed by atoms with Crippen LogP contribution < -0.4 is 10.2 Å². The highest BCUT2D eigenvalue weighted by atomic mass is 79.9. The summed E-state index contributed by atoms with van der Waals surface area (Å²) in [5.74, 6) is 1.11. The highest BCUT2D eigenvalue weighted by molar-refractivity contribution is 9.10. The molecule has 2 heterocycles. The number of pyridine rings is 1. The summed E-state index contributed by atoms with van der Waals surface area (Å²) < 4.78 is 1.08. The van der Waals surface area contributed by atoms with Gasteiger partial charge in [-0.15, -0.1) is 0 Å². The summed E-state index contributed by atoms with van der Waals surface area (Å²) >= 11 is 3.49. The average molecular weight is 284 g/mol. The fourth-order valence-electron chi connectivity index (χ4n) is 1.90. The lowest BCUT2D eigenvalue weighted by atomic mass is 10.1. The van der Waals surface area contributed by atoms with Crippen LogP contribution in [0.3, 0.4) is 0 Å². The summed E-state index contributed by atoms with van der Waals surface area (Å²) in [5, 5.41) is 3.32. The van der Waals surface area contributed by atoms with Crippen LogP contribution in [0.25, 0.3) is 0 Å². The topological polar surface area (TPSA) is 28.2 Å². The minimum Gasteiger partial charge on any atom is -0.351 e. The van der Waals surface area contributed by atoms with Crippen LogP contribution in [0.5, 0.6) is 0 Å². The number of rotatable bonds is 4. The van der Waals surface area contributed by atoms with Crippen molar-refractivity contribution in [3.05, 3.63) is 22.3 Å². The standard InChI is InChI=1S/C12H18BrN3/c1-3-4-16(10-6-14-7-10)12-5-9(2)11(13)8-15-12/h5,8,10,14H,3-4,6-7H2,1-2H3. The summed E-state index contributed by atoms with van der Waals surface area (Å²) in [5.41, 5.74) is 1.25. The van der Waals surface area contributed by atoms with E-state index in [4.69, 9.17) is 0 Å². The van der Waals surface area contributed by atoms with Gasteiger partial charge in [-0.1, -0.05) is 6.92 Å². The fraction of sp³-hybridized carbons (Fsp3) is 0.583. The Morgan fingerprint density at radius 3 is 2.81 bits per heavy atom. The zero-order valence-electron chi connectivity index (χ0n) is 9.83. The SMILES string of the molecule is CCCN(c1cc(C)c(Br)cn1)C1CNC1. The summed E-state index contributed by atoms with van der Waals surface area (Å²) in [4.78, 5) is 6.92. The Labute approximate surface area is 105 Å². The van der Waals surface area contributed by atoms with Gasteiger partial charge in [0.1, 0.15) is 5.82 Å². The Hall–Kier alpha value is -0.610. The van der Waals surface area contributed by atoms with Gasteiger partial charge in [0, 0.05) is 30.3 Å². The molecule has 88 valence electrons. The molecule has 0 amide bonds. The maximum absolute atomic E-state index is 4.51. The van der Waals surface area contributed by atoms with E-state index in [9.17, 15) is 0 Å². The quantitative estimate of drug-likeness (QED) is 0.920. The van der Waals surface area contributed by atoms with Gasteiger partial charge >= 0.3 is 0 Å². The van der Waals surface area contributed by atoms with Crippen LogP contribution in [-0.2, 0) is 0 Å². The van der Waals surface area contributed by atoms with Crippen LogP contribution in [0.4, 0.5) is 5.82 Å². The lowest BCUT2D eigenvalue weighted by Crippen LogP contribution is -2.57. The van der Waals surface area contributed by atoms with Crippen LogP contribution in [-0.4, -0.2) is 30.7 Å². The van der Waals surface area contributed by atoms with Gasteiger partial charge < -0.3 is 10.2 Å². The monoisotopic (exact) mass is 283 g/mol. The molecule has 1 aliphatic heterocycles. The van der Waals surface area contributed by atoms with Crippen LogP contribution in [0.15, 0.2) is 16.7 Å². The predicted octanol–water partition coefficient (Wildman–Crippen LogP) is 2.34.